The monoisotopic (exact) mass is 518 g/mol. The number of rotatable bonds is 7. The second-order valence-corrected chi connectivity index (χ2v) is 10.2. The third kappa shape index (κ3) is 6.26. The lowest BCUT2D eigenvalue weighted by molar-refractivity contribution is -0.138. The van der Waals surface area contributed by atoms with Gasteiger partial charge in [-0.2, -0.15) is 18.3 Å². The number of nitrogens with zero attached hydrogens (tertiary/aromatic N) is 5. The zero-order valence-electron chi connectivity index (χ0n) is 21.6. The largest absolute Gasteiger partial charge is 0.390 e. The first-order valence-electron chi connectivity index (χ1n) is 12.7. The number of piperidine rings is 1. The second kappa shape index (κ2) is 10.7. The first kappa shape index (κ1) is 27.0. The van der Waals surface area contributed by atoms with Gasteiger partial charge in [0.15, 0.2) is 5.65 Å². The lowest BCUT2D eigenvalue weighted by atomic mass is 9.91. The molecule has 2 aromatic rings. The third-order valence-corrected chi connectivity index (χ3v) is 7.08. The Hall–Kier alpha value is -3.08. The number of pyridine rings is 1. The Morgan fingerprint density at radius 3 is 2.54 bits per heavy atom. The van der Waals surface area contributed by atoms with E-state index in [1.807, 2.05) is 31.7 Å². The number of alkyl halides is 3. The van der Waals surface area contributed by atoms with Crippen LogP contribution in [-0.4, -0.2) is 69.5 Å². The molecule has 1 unspecified atom stereocenters. The van der Waals surface area contributed by atoms with Gasteiger partial charge in [0.25, 0.3) is 11.8 Å². The van der Waals surface area contributed by atoms with Gasteiger partial charge in [-0.1, -0.05) is 5.57 Å². The van der Waals surface area contributed by atoms with Crippen molar-refractivity contribution >= 4 is 28.6 Å². The molecule has 0 aromatic carbocycles. The predicted octanol–water partition coefficient (Wildman–Crippen LogP) is 4.44. The number of aromatic nitrogens is 3. The number of amides is 2. The summed E-state index contributed by atoms with van der Waals surface area (Å²) in [6.07, 6.45) is -0.193. The molecule has 8 nitrogen and oxygen atoms in total. The van der Waals surface area contributed by atoms with E-state index in [0.717, 1.165) is 11.3 Å². The van der Waals surface area contributed by atoms with Crippen molar-refractivity contribution in [3.05, 3.63) is 35.2 Å². The van der Waals surface area contributed by atoms with Crippen LogP contribution in [0, 0.1) is 5.92 Å². The maximum Gasteiger partial charge on any atom is 0.390 e. The van der Waals surface area contributed by atoms with E-state index in [2.05, 4.69) is 15.4 Å². The quantitative estimate of drug-likeness (QED) is 0.585. The number of fused-ring (bicyclic) bond motifs is 1. The molecule has 0 aliphatic carbocycles. The lowest BCUT2D eigenvalue weighted by Crippen LogP contribution is -2.36. The molecular weight excluding hydrogens is 485 g/mol. The molecule has 4 rings (SSSR count). The molecule has 1 saturated heterocycles. The van der Waals surface area contributed by atoms with Crippen LogP contribution >= 0.6 is 0 Å². The molecular formula is C26H33F3N6O2. The summed E-state index contributed by atoms with van der Waals surface area (Å²) in [6, 6.07) is 1.79. The highest BCUT2D eigenvalue weighted by Crippen LogP contribution is 2.31. The number of dihydropyridines is 1. The Kier molecular flexibility index (Phi) is 7.82. The van der Waals surface area contributed by atoms with Crippen molar-refractivity contribution in [2.24, 2.45) is 10.9 Å². The molecule has 0 saturated carbocycles. The van der Waals surface area contributed by atoms with Crippen molar-refractivity contribution in [2.45, 2.75) is 65.1 Å². The standard InChI is InChI=1S/C26H33F3N6O2/c1-15(2)35-23-21(14-31-35)19(24(36)30-13-20-16(3)11-17(4)32-25(20)37)12-22(33-23)18-5-8-34(9-6-18)10-7-26(27,28)29/h11-12,14-15,18,20H,5-10,13H2,1-4H3,(H,30,36). The number of likely N-dealkylation sites (tertiary alicyclic amines) is 1. The van der Waals surface area contributed by atoms with E-state index in [1.54, 1.807) is 23.9 Å². The van der Waals surface area contributed by atoms with E-state index in [1.165, 1.54) is 0 Å². The molecule has 200 valence electrons. The molecule has 0 bridgehead atoms. The maximum atomic E-state index is 13.4. The topological polar surface area (TPSA) is 92.5 Å². The highest BCUT2D eigenvalue weighted by atomic mass is 19.4. The fraction of sp³-hybridized carbons (Fsp3) is 0.577. The Morgan fingerprint density at radius 2 is 1.92 bits per heavy atom. The van der Waals surface area contributed by atoms with Crippen molar-refractivity contribution in [1.82, 2.24) is 25.0 Å². The Bertz CT molecular complexity index is 1240. The van der Waals surface area contributed by atoms with E-state index in [4.69, 9.17) is 4.98 Å². The van der Waals surface area contributed by atoms with Crippen LogP contribution in [0.2, 0.25) is 0 Å². The van der Waals surface area contributed by atoms with Crippen LogP contribution in [0.3, 0.4) is 0 Å². The summed E-state index contributed by atoms with van der Waals surface area (Å²) >= 11 is 0. The summed E-state index contributed by atoms with van der Waals surface area (Å²) < 4.78 is 39.6. The van der Waals surface area contributed by atoms with Crippen molar-refractivity contribution in [3.63, 3.8) is 0 Å². The van der Waals surface area contributed by atoms with Crippen molar-refractivity contribution in [2.75, 3.05) is 26.2 Å². The van der Waals surface area contributed by atoms with Crippen molar-refractivity contribution < 1.29 is 22.8 Å². The molecule has 1 N–H and O–H groups in total. The summed E-state index contributed by atoms with van der Waals surface area (Å²) in [5.41, 5.74) is 3.26. The smallest absolute Gasteiger partial charge is 0.351 e. The van der Waals surface area contributed by atoms with E-state index in [-0.39, 0.29) is 36.9 Å². The van der Waals surface area contributed by atoms with E-state index in [9.17, 15) is 22.8 Å². The average Bonchev–Trinajstić information content (AvgIpc) is 3.25. The van der Waals surface area contributed by atoms with Crippen LogP contribution < -0.4 is 5.32 Å². The minimum atomic E-state index is -4.16. The van der Waals surface area contributed by atoms with E-state index in [0.29, 0.717) is 48.2 Å². The van der Waals surface area contributed by atoms with Gasteiger partial charge in [0.05, 0.1) is 29.5 Å². The number of nitrogens with one attached hydrogen (secondary N) is 1. The summed E-state index contributed by atoms with van der Waals surface area (Å²) in [6.45, 7) is 8.78. The predicted molar refractivity (Wildman–Crippen MR) is 135 cm³/mol. The third-order valence-electron chi connectivity index (χ3n) is 7.08. The van der Waals surface area contributed by atoms with Crippen LogP contribution in [0.4, 0.5) is 13.2 Å². The number of halogens is 3. The molecule has 11 heteroatoms. The van der Waals surface area contributed by atoms with Gasteiger partial charge in [-0.25, -0.2) is 14.7 Å². The number of aliphatic imine (C=N–C) groups is 1. The van der Waals surface area contributed by atoms with Gasteiger partial charge in [-0.05, 0) is 65.8 Å². The fourth-order valence-electron chi connectivity index (χ4n) is 5.00. The Morgan fingerprint density at radius 1 is 1.22 bits per heavy atom. The lowest BCUT2D eigenvalue weighted by Gasteiger charge is -2.32. The van der Waals surface area contributed by atoms with E-state index >= 15 is 0 Å². The summed E-state index contributed by atoms with van der Waals surface area (Å²) in [5, 5.41) is 7.96. The fourth-order valence-corrected chi connectivity index (χ4v) is 5.00. The molecule has 2 aliphatic rings. The molecule has 1 atom stereocenters. The molecule has 1 fully saturated rings. The molecule has 0 spiro atoms. The Balaban J connectivity index is 1.55. The van der Waals surface area contributed by atoms with Gasteiger partial charge >= 0.3 is 6.18 Å². The van der Waals surface area contributed by atoms with Crippen LogP contribution in [0.5, 0.6) is 0 Å². The molecule has 0 radical (unpaired) electrons. The number of carbonyl (C=O) groups excluding carboxylic acids is 2. The minimum Gasteiger partial charge on any atom is -0.351 e. The highest BCUT2D eigenvalue weighted by molar-refractivity contribution is 6.07. The number of allylic oxidation sites excluding steroid dienone is 1. The van der Waals surface area contributed by atoms with E-state index < -0.39 is 18.5 Å². The van der Waals surface area contributed by atoms with Gasteiger partial charge in [-0.3, -0.25) is 9.59 Å². The molecule has 2 aliphatic heterocycles. The minimum absolute atomic E-state index is 0.00617. The second-order valence-electron chi connectivity index (χ2n) is 10.2. The van der Waals surface area contributed by atoms with Crippen LogP contribution in [0.15, 0.2) is 28.9 Å². The van der Waals surface area contributed by atoms with Crippen LogP contribution in [-0.2, 0) is 4.79 Å². The first-order chi connectivity index (χ1) is 17.4. The van der Waals surface area contributed by atoms with Gasteiger partial charge < -0.3 is 10.2 Å². The average molecular weight is 519 g/mol. The maximum absolute atomic E-state index is 13.4. The summed E-state index contributed by atoms with van der Waals surface area (Å²) in [5.74, 6) is -1.09. The number of carbonyl (C=O) groups is 2. The van der Waals surface area contributed by atoms with Gasteiger partial charge in [0, 0.05) is 36.5 Å². The van der Waals surface area contributed by atoms with Gasteiger partial charge in [0.2, 0.25) is 0 Å². The number of hydrogen-bond acceptors (Lipinski definition) is 5. The van der Waals surface area contributed by atoms with Crippen LogP contribution in [0.1, 0.15) is 75.0 Å². The first-order valence-corrected chi connectivity index (χ1v) is 12.7. The Labute approximate surface area is 214 Å². The molecule has 2 aromatic heterocycles. The zero-order valence-corrected chi connectivity index (χ0v) is 21.6. The molecule has 37 heavy (non-hydrogen) atoms. The zero-order chi connectivity index (χ0) is 26.9. The number of hydrogen-bond donors (Lipinski definition) is 1. The molecule has 4 heterocycles. The van der Waals surface area contributed by atoms with Crippen LogP contribution in [0.25, 0.3) is 11.0 Å². The summed E-state index contributed by atoms with van der Waals surface area (Å²) in [4.78, 5) is 36.4. The van der Waals surface area contributed by atoms with Crippen molar-refractivity contribution in [3.8, 4) is 0 Å². The summed E-state index contributed by atoms with van der Waals surface area (Å²) in [7, 11) is 0. The van der Waals surface area contributed by atoms with Gasteiger partial charge in [-0.15, -0.1) is 0 Å². The highest BCUT2D eigenvalue weighted by Gasteiger charge is 2.31. The normalized spacial score (nSPS) is 19.9. The van der Waals surface area contributed by atoms with Crippen molar-refractivity contribution in [1.29, 1.82) is 0 Å². The SMILES string of the molecule is CC1=CC(C)=NC(=O)C1CNC(=O)c1cc(C2CCN(CCC(F)(F)F)CC2)nc2c1cnn2C(C)C. The van der Waals surface area contributed by atoms with Gasteiger partial charge in [0.1, 0.15) is 0 Å². The molecule has 2 amide bonds.